The number of nitrogens with zero attached hydrogens (tertiary/aromatic N) is 1. The minimum absolute atomic E-state index is 0.178. The Morgan fingerprint density at radius 1 is 1.54 bits per heavy atom. The highest BCUT2D eigenvalue weighted by Crippen LogP contribution is 2.20. The first-order valence-corrected chi connectivity index (χ1v) is 4.35. The number of rotatable bonds is 3. The Morgan fingerprint density at radius 3 is 2.69 bits per heavy atom. The summed E-state index contributed by atoms with van der Waals surface area (Å²) in [7, 11) is 0. The van der Waals surface area contributed by atoms with Gasteiger partial charge in [-0.3, -0.25) is 4.79 Å². The van der Waals surface area contributed by atoms with Crippen molar-refractivity contribution in [3.63, 3.8) is 0 Å². The molecule has 1 fully saturated rings. The smallest absolute Gasteiger partial charge is 0.314 e. The predicted octanol–water partition coefficient (Wildman–Crippen LogP) is 0.252. The molecule has 0 aromatic carbocycles. The molecule has 5 heteroatoms. The highest BCUT2D eigenvalue weighted by molar-refractivity contribution is 5.72. The number of urea groups is 1. The lowest BCUT2D eigenvalue weighted by Crippen LogP contribution is -2.33. The van der Waals surface area contributed by atoms with E-state index in [-0.39, 0.29) is 6.42 Å². The van der Waals surface area contributed by atoms with Gasteiger partial charge < -0.3 is 15.7 Å². The molecule has 1 rings (SSSR count). The fourth-order valence-corrected chi connectivity index (χ4v) is 1.60. The molecular formula is C8H14N2O3. The number of hydrogen-bond donors (Lipinski definition) is 2. The summed E-state index contributed by atoms with van der Waals surface area (Å²) in [6.45, 7) is 1.28. The van der Waals surface area contributed by atoms with E-state index in [4.69, 9.17) is 10.8 Å². The van der Waals surface area contributed by atoms with Crippen molar-refractivity contribution >= 4 is 12.0 Å². The fraction of sp³-hybridized carbons (Fsp3) is 0.750. The van der Waals surface area contributed by atoms with Gasteiger partial charge in [-0.2, -0.15) is 0 Å². The van der Waals surface area contributed by atoms with Crippen molar-refractivity contribution in [2.24, 2.45) is 11.7 Å². The Kier molecular flexibility index (Phi) is 3.11. The molecule has 2 amide bonds. The van der Waals surface area contributed by atoms with E-state index in [0.717, 1.165) is 6.42 Å². The molecule has 1 unspecified atom stereocenters. The molecular weight excluding hydrogens is 172 g/mol. The lowest BCUT2D eigenvalue weighted by molar-refractivity contribution is -0.137. The molecule has 1 aliphatic heterocycles. The van der Waals surface area contributed by atoms with E-state index in [1.807, 2.05) is 0 Å². The molecule has 0 radical (unpaired) electrons. The van der Waals surface area contributed by atoms with Crippen LogP contribution in [0.4, 0.5) is 4.79 Å². The summed E-state index contributed by atoms with van der Waals surface area (Å²) in [4.78, 5) is 22.5. The number of amides is 2. The van der Waals surface area contributed by atoms with Crippen LogP contribution in [0.25, 0.3) is 0 Å². The first kappa shape index (κ1) is 9.83. The van der Waals surface area contributed by atoms with Gasteiger partial charge in [0.25, 0.3) is 0 Å². The first-order chi connectivity index (χ1) is 6.09. The van der Waals surface area contributed by atoms with Crippen LogP contribution in [0, 0.1) is 5.92 Å². The molecule has 74 valence electrons. The van der Waals surface area contributed by atoms with Crippen LogP contribution in [-0.4, -0.2) is 35.1 Å². The SMILES string of the molecule is NC(=O)N1CCC(CCC(=O)O)C1. The van der Waals surface area contributed by atoms with E-state index in [1.165, 1.54) is 0 Å². The zero-order valence-corrected chi connectivity index (χ0v) is 7.40. The van der Waals surface area contributed by atoms with Crippen molar-refractivity contribution in [1.82, 2.24) is 4.90 Å². The summed E-state index contributed by atoms with van der Waals surface area (Å²) in [6.07, 6.45) is 1.69. The molecule has 1 aliphatic rings. The molecule has 1 saturated heterocycles. The molecule has 1 heterocycles. The van der Waals surface area contributed by atoms with Gasteiger partial charge in [0, 0.05) is 19.5 Å². The van der Waals surface area contributed by atoms with Crippen LogP contribution in [0.2, 0.25) is 0 Å². The minimum Gasteiger partial charge on any atom is -0.481 e. The lowest BCUT2D eigenvalue weighted by atomic mass is 10.0. The van der Waals surface area contributed by atoms with Crippen LogP contribution in [-0.2, 0) is 4.79 Å². The lowest BCUT2D eigenvalue weighted by Gasteiger charge is -2.12. The largest absolute Gasteiger partial charge is 0.481 e. The molecule has 0 saturated carbocycles. The first-order valence-electron chi connectivity index (χ1n) is 4.35. The Balaban J connectivity index is 2.25. The van der Waals surface area contributed by atoms with E-state index < -0.39 is 12.0 Å². The number of carboxylic acid groups (broad SMARTS) is 1. The monoisotopic (exact) mass is 186 g/mol. The number of carboxylic acids is 1. The van der Waals surface area contributed by atoms with Gasteiger partial charge >= 0.3 is 12.0 Å². The summed E-state index contributed by atoms with van der Waals surface area (Å²) in [6, 6.07) is -0.405. The molecule has 13 heavy (non-hydrogen) atoms. The third-order valence-corrected chi connectivity index (χ3v) is 2.36. The minimum atomic E-state index is -0.780. The number of carbonyl (C=O) groups is 2. The van der Waals surface area contributed by atoms with Crippen molar-refractivity contribution in [2.75, 3.05) is 13.1 Å². The van der Waals surface area contributed by atoms with Gasteiger partial charge in [-0.15, -0.1) is 0 Å². The van der Waals surface area contributed by atoms with Crippen LogP contribution in [0.3, 0.4) is 0 Å². The molecule has 1 atom stereocenters. The average molecular weight is 186 g/mol. The number of carbonyl (C=O) groups excluding carboxylic acids is 1. The summed E-state index contributed by atoms with van der Waals surface area (Å²) < 4.78 is 0. The van der Waals surface area contributed by atoms with Gasteiger partial charge in [0.2, 0.25) is 0 Å². The van der Waals surface area contributed by atoms with Crippen LogP contribution < -0.4 is 5.73 Å². The third-order valence-electron chi connectivity index (χ3n) is 2.36. The maximum absolute atomic E-state index is 10.7. The van der Waals surface area contributed by atoms with Crippen molar-refractivity contribution in [2.45, 2.75) is 19.3 Å². The number of nitrogens with two attached hydrogens (primary N) is 1. The van der Waals surface area contributed by atoms with E-state index in [9.17, 15) is 9.59 Å². The number of aliphatic carboxylic acids is 1. The zero-order chi connectivity index (χ0) is 9.84. The zero-order valence-electron chi connectivity index (χ0n) is 7.40. The van der Waals surface area contributed by atoms with Gasteiger partial charge in [-0.05, 0) is 18.8 Å². The van der Waals surface area contributed by atoms with Crippen LogP contribution in [0.5, 0.6) is 0 Å². The molecule has 0 bridgehead atoms. The van der Waals surface area contributed by atoms with E-state index in [1.54, 1.807) is 4.90 Å². The van der Waals surface area contributed by atoms with Crippen LogP contribution >= 0.6 is 0 Å². The molecule has 0 spiro atoms. The van der Waals surface area contributed by atoms with Gasteiger partial charge in [0.1, 0.15) is 0 Å². The fourth-order valence-electron chi connectivity index (χ4n) is 1.60. The van der Waals surface area contributed by atoms with Crippen LogP contribution in [0.1, 0.15) is 19.3 Å². The van der Waals surface area contributed by atoms with E-state index in [0.29, 0.717) is 25.4 Å². The average Bonchev–Trinajstić information content (AvgIpc) is 2.48. The van der Waals surface area contributed by atoms with Crippen molar-refractivity contribution in [3.05, 3.63) is 0 Å². The molecule has 0 aliphatic carbocycles. The summed E-state index contributed by atoms with van der Waals surface area (Å²) >= 11 is 0. The van der Waals surface area contributed by atoms with Gasteiger partial charge in [-0.25, -0.2) is 4.79 Å². The second-order valence-electron chi connectivity index (χ2n) is 3.37. The van der Waals surface area contributed by atoms with Gasteiger partial charge in [0.15, 0.2) is 0 Å². The van der Waals surface area contributed by atoms with E-state index in [2.05, 4.69) is 0 Å². The second kappa shape index (κ2) is 4.11. The number of hydrogen-bond acceptors (Lipinski definition) is 2. The van der Waals surface area contributed by atoms with Gasteiger partial charge in [0.05, 0.1) is 0 Å². The summed E-state index contributed by atoms with van der Waals surface area (Å²) in [5, 5.41) is 8.44. The highest BCUT2D eigenvalue weighted by atomic mass is 16.4. The van der Waals surface area contributed by atoms with Crippen molar-refractivity contribution in [3.8, 4) is 0 Å². The third kappa shape index (κ3) is 2.93. The highest BCUT2D eigenvalue weighted by Gasteiger charge is 2.24. The molecule has 5 nitrogen and oxygen atoms in total. The molecule has 3 N–H and O–H groups in total. The summed E-state index contributed by atoms with van der Waals surface area (Å²) in [5.41, 5.74) is 5.09. The Bertz CT molecular complexity index is 217. The predicted molar refractivity (Wildman–Crippen MR) is 46.1 cm³/mol. The van der Waals surface area contributed by atoms with Crippen LogP contribution in [0.15, 0.2) is 0 Å². The number of primary amides is 1. The van der Waals surface area contributed by atoms with E-state index >= 15 is 0 Å². The Hall–Kier alpha value is -1.26. The Labute approximate surface area is 76.5 Å². The Morgan fingerprint density at radius 2 is 2.23 bits per heavy atom. The normalized spacial score (nSPS) is 21.8. The number of likely N-dealkylation sites (tertiary alicyclic amines) is 1. The quantitative estimate of drug-likeness (QED) is 0.662. The van der Waals surface area contributed by atoms with Crippen molar-refractivity contribution in [1.29, 1.82) is 0 Å². The maximum atomic E-state index is 10.7. The van der Waals surface area contributed by atoms with Gasteiger partial charge in [-0.1, -0.05) is 0 Å². The standard InChI is InChI=1S/C8H14N2O3/c9-8(13)10-4-3-6(5-10)1-2-7(11)12/h6H,1-5H2,(H2,9,13)(H,11,12). The van der Waals surface area contributed by atoms with Crippen molar-refractivity contribution < 1.29 is 14.7 Å². The molecule has 0 aromatic heterocycles. The maximum Gasteiger partial charge on any atom is 0.314 e. The summed E-state index contributed by atoms with van der Waals surface area (Å²) in [5.74, 6) is -0.471. The molecule has 0 aromatic rings. The topological polar surface area (TPSA) is 83.6 Å². The second-order valence-corrected chi connectivity index (χ2v) is 3.37.